The number of alkyl halides is 3. The summed E-state index contributed by atoms with van der Waals surface area (Å²) in [7, 11) is 0. The Bertz CT molecular complexity index is 919. The van der Waals surface area contributed by atoms with Crippen LogP contribution in [0.5, 0.6) is 5.75 Å². The summed E-state index contributed by atoms with van der Waals surface area (Å²) in [4.78, 5) is 0. The normalized spacial score (nSPS) is 21.1. The molecule has 0 saturated heterocycles. The molecule has 0 aromatic heterocycles. The Morgan fingerprint density at radius 1 is 0.906 bits per heavy atom. The first-order valence-electron chi connectivity index (χ1n) is 12.1. The van der Waals surface area contributed by atoms with Gasteiger partial charge in [-0.3, -0.25) is 0 Å². The van der Waals surface area contributed by atoms with Gasteiger partial charge in [0.05, 0.1) is 0 Å². The van der Waals surface area contributed by atoms with Crippen molar-refractivity contribution < 1.29 is 17.9 Å². The molecule has 0 spiro atoms. The van der Waals surface area contributed by atoms with E-state index in [0.29, 0.717) is 12.3 Å². The monoisotopic (exact) mass is 442 g/mol. The van der Waals surface area contributed by atoms with Crippen molar-refractivity contribution >= 4 is 5.57 Å². The molecule has 4 rings (SSSR count). The number of benzene rings is 2. The first kappa shape index (κ1) is 22.9. The summed E-state index contributed by atoms with van der Waals surface area (Å²) in [6, 6.07) is 13.7. The summed E-state index contributed by atoms with van der Waals surface area (Å²) in [5.74, 6) is 1.46. The molecule has 32 heavy (non-hydrogen) atoms. The summed E-state index contributed by atoms with van der Waals surface area (Å²) >= 11 is 0. The molecular weight excluding hydrogens is 409 g/mol. The van der Waals surface area contributed by atoms with Crippen LogP contribution in [0.1, 0.15) is 86.5 Å². The molecule has 2 aromatic carbocycles. The third-order valence-electron chi connectivity index (χ3n) is 7.18. The molecule has 0 aliphatic heterocycles. The van der Waals surface area contributed by atoms with E-state index in [4.69, 9.17) is 0 Å². The molecule has 2 aromatic rings. The van der Waals surface area contributed by atoms with Crippen molar-refractivity contribution in [3.63, 3.8) is 0 Å². The highest BCUT2D eigenvalue weighted by Gasteiger charge is 2.31. The number of hydrogen-bond donors (Lipinski definition) is 0. The van der Waals surface area contributed by atoms with Gasteiger partial charge in [0.1, 0.15) is 5.75 Å². The molecule has 0 atom stereocenters. The molecule has 0 amide bonds. The lowest BCUT2D eigenvalue weighted by atomic mass is 9.76. The van der Waals surface area contributed by atoms with Crippen molar-refractivity contribution in [2.45, 2.75) is 83.4 Å². The lowest BCUT2D eigenvalue weighted by molar-refractivity contribution is -0.274. The highest BCUT2D eigenvalue weighted by molar-refractivity contribution is 5.71. The van der Waals surface area contributed by atoms with Crippen LogP contribution in [0.4, 0.5) is 13.2 Å². The van der Waals surface area contributed by atoms with E-state index in [1.807, 2.05) is 0 Å². The second-order valence-electron chi connectivity index (χ2n) is 9.42. The van der Waals surface area contributed by atoms with Crippen molar-refractivity contribution in [3.05, 3.63) is 70.8 Å². The Morgan fingerprint density at radius 2 is 1.66 bits per heavy atom. The smallest absolute Gasteiger partial charge is 0.406 e. The minimum absolute atomic E-state index is 0.141. The molecule has 0 radical (unpaired) electrons. The second kappa shape index (κ2) is 10.1. The summed E-state index contributed by atoms with van der Waals surface area (Å²) in [5.41, 5.74) is 5.88. The van der Waals surface area contributed by atoms with Crippen LogP contribution in [0.15, 0.2) is 48.5 Å². The molecule has 0 bridgehead atoms. The highest BCUT2D eigenvalue weighted by atomic mass is 19.4. The minimum Gasteiger partial charge on any atom is -0.406 e. The largest absolute Gasteiger partial charge is 0.573 e. The second-order valence-corrected chi connectivity index (χ2v) is 9.42. The van der Waals surface area contributed by atoms with E-state index >= 15 is 0 Å². The van der Waals surface area contributed by atoms with Gasteiger partial charge in [-0.2, -0.15) is 0 Å². The zero-order valence-electron chi connectivity index (χ0n) is 18.9. The van der Waals surface area contributed by atoms with Crippen LogP contribution >= 0.6 is 0 Å². The number of unbranched alkanes of at least 4 members (excludes halogenated alkanes) is 2. The van der Waals surface area contributed by atoms with E-state index in [9.17, 15) is 13.2 Å². The number of ether oxygens (including phenoxy) is 1. The van der Waals surface area contributed by atoms with Crippen LogP contribution < -0.4 is 4.74 Å². The van der Waals surface area contributed by atoms with Crippen LogP contribution in [-0.4, -0.2) is 6.36 Å². The number of allylic oxidation sites excluding steroid dienone is 2. The van der Waals surface area contributed by atoms with Crippen molar-refractivity contribution in [1.29, 1.82) is 0 Å². The fourth-order valence-corrected chi connectivity index (χ4v) is 5.33. The van der Waals surface area contributed by atoms with Gasteiger partial charge in [0.25, 0.3) is 0 Å². The lowest BCUT2D eigenvalue weighted by Crippen LogP contribution is -2.17. The molecule has 0 N–H and O–H groups in total. The van der Waals surface area contributed by atoms with Gasteiger partial charge in [0.15, 0.2) is 0 Å². The molecular formula is C28H33F3O. The summed E-state index contributed by atoms with van der Waals surface area (Å²) in [6.45, 7) is 2.27. The Hall–Kier alpha value is -2.23. The molecule has 0 heterocycles. The van der Waals surface area contributed by atoms with Crippen molar-refractivity contribution in [3.8, 4) is 5.75 Å². The Kier molecular flexibility index (Phi) is 7.27. The van der Waals surface area contributed by atoms with E-state index in [0.717, 1.165) is 23.5 Å². The lowest BCUT2D eigenvalue weighted by Gasteiger charge is -2.29. The summed E-state index contributed by atoms with van der Waals surface area (Å²) in [6.07, 6.45) is 9.62. The summed E-state index contributed by atoms with van der Waals surface area (Å²) in [5, 5.41) is 0. The van der Waals surface area contributed by atoms with Gasteiger partial charge in [-0.25, -0.2) is 0 Å². The van der Waals surface area contributed by atoms with E-state index in [2.05, 4.69) is 42.0 Å². The average Bonchev–Trinajstić information content (AvgIpc) is 2.78. The predicted octanol–water partition coefficient (Wildman–Crippen LogP) is 8.62. The molecule has 0 unspecified atom stereocenters. The maximum absolute atomic E-state index is 12.5. The van der Waals surface area contributed by atoms with Gasteiger partial charge in [-0.05, 0) is 90.3 Å². The third kappa shape index (κ3) is 5.96. The minimum atomic E-state index is -4.65. The van der Waals surface area contributed by atoms with Crippen LogP contribution in [0, 0.1) is 5.92 Å². The first-order valence-corrected chi connectivity index (χ1v) is 12.1. The zero-order valence-corrected chi connectivity index (χ0v) is 18.9. The highest BCUT2D eigenvalue weighted by Crippen LogP contribution is 2.38. The van der Waals surface area contributed by atoms with Crippen molar-refractivity contribution in [2.24, 2.45) is 5.92 Å². The van der Waals surface area contributed by atoms with Crippen LogP contribution in [0.3, 0.4) is 0 Å². The zero-order chi connectivity index (χ0) is 22.6. The van der Waals surface area contributed by atoms with Crippen LogP contribution in [-0.2, 0) is 12.8 Å². The molecule has 1 nitrogen and oxygen atoms in total. The predicted molar refractivity (Wildman–Crippen MR) is 124 cm³/mol. The van der Waals surface area contributed by atoms with E-state index in [-0.39, 0.29) is 5.75 Å². The van der Waals surface area contributed by atoms with Gasteiger partial charge in [-0.1, -0.05) is 69.0 Å². The number of halogens is 3. The molecule has 1 saturated carbocycles. The molecule has 1 fully saturated rings. The Morgan fingerprint density at radius 3 is 2.34 bits per heavy atom. The Balaban J connectivity index is 1.34. The topological polar surface area (TPSA) is 9.23 Å². The SMILES string of the molecule is CCCCCC1CCC(c2ccc(C3=CCc4cc(OC(F)(F)F)ccc4C3)cc2)CC1. The van der Waals surface area contributed by atoms with Gasteiger partial charge < -0.3 is 4.74 Å². The molecule has 4 heteroatoms. The van der Waals surface area contributed by atoms with E-state index in [1.54, 1.807) is 6.07 Å². The molecule has 2 aliphatic rings. The van der Waals surface area contributed by atoms with Crippen molar-refractivity contribution in [2.75, 3.05) is 0 Å². The van der Waals surface area contributed by atoms with E-state index < -0.39 is 6.36 Å². The molecule has 2 aliphatic carbocycles. The standard InChI is InChI=1S/C28H33F3O/c1-2-3-4-5-20-6-8-21(9-7-20)22-10-12-23(13-11-22)24-14-15-26-19-27(32-28(29,30)31)17-16-25(26)18-24/h10-14,16-17,19-21H,2-9,15,18H2,1H3. The summed E-state index contributed by atoms with van der Waals surface area (Å²) < 4.78 is 41.5. The van der Waals surface area contributed by atoms with Crippen LogP contribution in [0.25, 0.3) is 5.57 Å². The third-order valence-corrected chi connectivity index (χ3v) is 7.18. The first-order chi connectivity index (χ1) is 15.4. The van der Waals surface area contributed by atoms with Crippen LogP contribution in [0.2, 0.25) is 0 Å². The average molecular weight is 443 g/mol. The quantitative estimate of drug-likeness (QED) is 0.390. The van der Waals surface area contributed by atoms with E-state index in [1.165, 1.54) is 80.2 Å². The number of rotatable bonds is 7. The maximum Gasteiger partial charge on any atom is 0.573 e. The number of fused-ring (bicyclic) bond motifs is 1. The van der Waals surface area contributed by atoms with Gasteiger partial charge in [0, 0.05) is 0 Å². The number of hydrogen-bond acceptors (Lipinski definition) is 1. The fourth-order valence-electron chi connectivity index (χ4n) is 5.33. The Labute approximate surface area is 189 Å². The van der Waals surface area contributed by atoms with Gasteiger partial charge in [0.2, 0.25) is 0 Å². The van der Waals surface area contributed by atoms with Crippen molar-refractivity contribution in [1.82, 2.24) is 0 Å². The maximum atomic E-state index is 12.5. The van der Waals surface area contributed by atoms with Gasteiger partial charge >= 0.3 is 6.36 Å². The van der Waals surface area contributed by atoms with Gasteiger partial charge in [-0.15, -0.1) is 13.2 Å². The fraction of sp³-hybridized carbons (Fsp3) is 0.500. The molecule has 172 valence electrons.